The van der Waals surface area contributed by atoms with E-state index in [9.17, 15) is 4.39 Å². The molecule has 96 valence electrons. The Bertz CT molecular complexity index is 374. The highest BCUT2D eigenvalue weighted by Crippen LogP contribution is 2.18. The molecule has 1 aliphatic heterocycles. The van der Waals surface area contributed by atoms with E-state index >= 15 is 0 Å². The lowest BCUT2D eigenvalue weighted by molar-refractivity contribution is 0.201. The summed E-state index contributed by atoms with van der Waals surface area (Å²) in [6.07, 6.45) is 2.23. The summed E-state index contributed by atoms with van der Waals surface area (Å²) in [4.78, 5) is 2.29. The minimum Gasteiger partial charge on any atom is -0.327 e. The first kappa shape index (κ1) is 14.7. The van der Waals surface area contributed by atoms with Gasteiger partial charge in [0.1, 0.15) is 5.82 Å². The zero-order chi connectivity index (χ0) is 11.5. The van der Waals surface area contributed by atoms with Crippen molar-refractivity contribution < 1.29 is 4.39 Å². The lowest BCUT2D eigenvalue weighted by atomic mass is 10.1. The van der Waals surface area contributed by atoms with Crippen LogP contribution in [0.1, 0.15) is 18.4 Å². The largest absolute Gasteiger partial charge is 0.327 e. The third kappa shape index (κ3) is 4.11. The molecule has 1 heterocycles. The minimum absolute atomic E-state index is 0. The highest BCUT2D eigenvalue weighted by Gasteiger charge is 2.16. The van der Waals surface area contributed by atoms with Gasteiger partial charge in [0.05, 0.1) is 5.02 Å². The monoisotopic (exact) mass is 278 g/mol. The van der Waals surface area contributed by atoms with E-state index in [1.807, 2.05) is 0 Å². The van der Waals surface area contributed by atoms with Crippen LogP contribution in [-0.2, 0) is 6.54 Å². The van der Waals surface area contributed by atoms with Crippen molar-refractivity contribution in [1.29, 1.82) is 0 Å². The van der Waals surface area contributed by atoms with Gasteiger partial charge in [0, 0.05) is 19.1 Å². The Labute approximate surface area is 112 Å². The molecule has 2 nitrogen and oxygen atoms in total. The van der Waals surface area contributed by atoms with Crippen molar-refractivity contribution in [1.82, 2.24) is 4.90 Å². The van der Waals surface area contributed by atoms with Crippen LogP contribution in [0.25, 0.3) is 0 Å². The second-order valence-corrected chi connectivity index (χ2v) is 4.79. The van der Waals surface area contributed by atoms with Crippen molar-refractivity contribution in [2.75, 3.05) is 13.1 Å². The summed E-state index contributed by atoms with van der Waals surface area (Å²) in [6.45, 7) is 2.77. The van der Waals surface area contributed by atoms with E-state index in [2.05, 4.69) is 4.90 Å². The van der Waals surface area contributed by atoms with E-state index in [0.717, 1.165) is 38.0 Å². The first-order chi connectivity index (χ1) is 7.65. The Hall–Kier alpha value is -0.350. The summed E-state index contributed by atoms with van der Waals surface area (Å²) in [5.41, 5.74) is 6.95. The molecule has 1 fully saturated rings. The van der Waals surface area contributed by atoms with E-state index in [4.69, 9.17) is 17.3 Å². The second kappa shape index (κ2) is 6.55. The van der Waals surface area contributed by atoms with Crippen LogP contribution in [0.4, 0.5) is 4.39 Å². The van der Waals surface area contributed by atoms with Crippen LogP contribution < -0.4 is 5.73 Å². The van der Waals surface area contributed by atoms with Crippen molar-refractivity contribution in [3.8, 4) is 0 Å². The molecule has 0 amide bonds. The fourth-order valence-corrected chi connectivity index (χ4v) is 2.33. The number of hydrogen-bond donors (Lipinski definition) is 1. The topological polar surface area (TPSA) is 29.3 Å². The molecule has 1 aliphatic rings. The molecule has 2 N–H and O–H groups in total. The van der Waals surface area contributed by atoms with E-state index < -0.39 is 0 Å². The number of hydrogen-bond acceptors (Lipinski definition) is 2. The Kier molecular flexibility index (Phi) is 5.67. The molecular formula is C12H17Cl2FN2. The van der Waals surface area contributed by atoms with Gasteiger partial charge in [0.2, 0.25) is 0 Å². The molecule has 0 spiro atoms. The zero-order valence-corrected chi connectivity index (χ0v) is 11.1. The molecule has 17 heavy (non-hydrogen) atoms. The number of nitrogens with zero attached hydrogens (tertiary/aromatic N) is 1. The standard InChI is InChI=1S/C12H16ClFN2.ClH/c13-11-6-9(3-4-12(11)14)7-16-5-1-2-10(15)8-16;/h3-4,6,10H,1-2,5,7-8,15H2;1H. The van der Waals surface area contributed by atoms with Crippen LogP contribution in [0.5, 0.6) is 0 Å². The molecule has 2 rings (SSSR count). The normalized spacial score (nSPS) is 21.0. The van der Waals surface area contributed by atoms with Crippen molar-refractivity contribution in [2.45, 2.75) is 25.4 Å². The maximum absolute atomic E-state index is 13.0. The average Bonchev–Trinajstić information content (AvgIpc) is 2.24. The molecule has 1 atom stereocenters. The van der Waals surface area contributed by atoms with Crippen LogP contribution in [0, 0.1) is 5.82 Å². The molecule has 1 aromatic carbocycles. The van der Waals surface area contributed by atoms with Gasteiger partial charge in [-0.25, -0.2) is 4.39 Å². The maximum Gasteiger partial charge on any atom is 0.141 e. The molecule has 1 unspecified atom stereocenters. The summed E-state index contributed by atoms with van der Waals surface area (Å²) in [6, 6.07) is 5.16. The molecular weight excluding hydrogens is 262 g/mol. The summed E-state index contributed by atoms with van der Waals surface area (Å²) in [7, 11) is 0. The minimum atomic E-state index is -0.360. The zero-order valence-electron chi connectivity index (χ0n) is 9.53. The molecule has 0 aromatic heterocycles. The van der Waals surface area contributed by atoms with Gasteiger partial charge >= 0.3 is 0 Å². The molecule has 0 bridgehead atoms. The van der Waals surface area contributed by atoms with Gasteiger partial charge in [0.25, 0.3) is 0 Å². The van der Waals surface area contributed by atoms with Crippen LogP contribution in [-0.4, -0.2) is 24.0 Å². The first-order valence-electron chi connectivity index (χ1n) is 5.57. The van der Waals surface area contributed by atoms with Gasteiger partial charge in [-0.1, -0.05) is 17.7 Å². The molecule has 0 aliphatic carbocycles. The van der Waals surface area contributed by atoms with Crippen LogP contribution in [0.2, 0.25) is 5.02 Å². The van der Waals surface area contributed by atoms with E-state index in [0.29, 0.717) is 0 Å². The molecule has 1 aromatic rings. The third-order valence-corrected chi connectivity index (χ3v) is 3.22. The van der Waals surface area contributed by atoms with Crippen LogP contribution in [0.15, 0.2) is 18.2 Å². The molecule has 5 heteroatoms. The average molecular weight is 279 g/mol. The summed E-state index contributed by atoms with van der Waals surface area (Å²) >= 11 is 5.74. The Morgan fingerprint density at radius 3 is 2.88 bits per heavy atom. The van der Waals surface area contributed by atoms with Gasteiger partial charge in [0.15, 0.2) is 0 Å². The Balaban J connectivity index is 0.00000144. The highest BCUT2D eigenvalue weighted by molar-refractivity contribution is 6.30. The van der Waals surface area contributed by atoms with Crippen LogP contribution in [0.3, 0.4) is 0 Å². The van der Waals surface area contributed by atoms with Gasteiger partial charge in [-0.3, -0.25) is 4.90 Å². The van der Waals surface area contributed by atoms with E-state index in [1.165, 1.54) is 6.07 Å². The quantitative estimate of drug-likeness (QED) is 0.902. The van der Waals surface area contributed by atoms with Gasteiger partial charge < -0.3 is 5.73 Å². The smallest absolute Gasteiger partial charge is 0.141 e. The maximum atomic E-state index is 13.0. The second-order valence-electron chi connectivity index (χ2n) is 4.39. The lowest BCUT2D eigenvalue weighted by Gasteiger charge is -2.30. The van der Waals surface area contributed by atoms with Crippen molar-refractivity contribution in [3.63, 3.8) is 0 Å². The number of likely N-dealkylation sites (tertiary alicyclic amines) is 1. The summed E-state index contributed by atoms with van der Waals surface area (Å²) in [5.74, 6) is -0.360. The third-order valence-electron chi connectivity index (χ3n) is 2.93. The predicted molar refractivity (Wildman–Crippen MR) is 71.1 cm³/mol. The van der Waals surface area contributed by atoms with Crippen molar-refractivity contribution in [2.24, 2.45) is 5.73 Å². The van der Waals surface area contributed by atoms with E-state index in [1.54, 1.807) is 12.1 Å². The lowest BCUT2D eigenvalue weighted by Crippen LogP contribution is -2.42. The fraction of sp³-hybridized carbons (Fsp3) is 0.500. The van der Waals surface area contributed by atoms with Crippen molar-refractivity contribution in [3.05, 3.63) is 34.6 Å². The Morgan fingerprint density at radius 1 is 1.47 bits per heavy atom. The first-order valence-corrected chi connectivity index (χ1v) is 5.95. The Morgan fingerprint density at radius 2 is 2.24 bits per heavy atom. The van der Waals surface area contributed by atoms with Crippen LogP contribution >= 0.6 is 24.0 Å². The van der Waals surface area contributed by atoms with Gasteiger partial charge in [-0.15, -0.1) is 12.4 Å². The summed E-state index contributed by atoms with van der Waals surface area (Å²) < 4.78 is 13.0. The molecule has 1 saturated heterocycles. The summed E-state index contributed by atoms with van der Waals surface area (Å²) in [5, 5.41) is 0.193. The highest BCUT2D eigenvalue weighted by atomic mass is 35.5. The number of piperidine rings is 1. The van der Waals surface area contributed by atoms with Gasteiger partial charge in [-0.2, -0.15) is 0 Å². The number of benzene rings is 1. The number of halogens is 3. The fourth-order valence-electron chi connectivity index (χ4n) is 2.13. The SMILES string of the molecule is Cl.NC1CCCN(Cc2ccc(F)c(Cl)c2)C1. The predicted octanol–water partition coefficient (Wildman–Crippen LogP) is 2.82. The number of rotatable bonds is 2. The van der Waals surface area contributed by atoms with E-state index in [-0.39, 0.29) is 29.3 Å². The molecule has 0 radical (unpaired) electrons. The van der Waals surface area contributed by atoms with Gasteiger partial charge in [-0.05, 0) is 37.1 Å². The molecule has 0 saturated carbocycles. The van der Waals surface area contributed by atoms with Crippen molar-refractivity contribution >= 4 is 24.0 Å². The number of nitrogens with two attached hydrogens (primary N) is 1.